The molecule has 0 spiro atoms. The van der Waals surface area contributed by atoms with Crippen LogP contribution in [0.4, 0.5) is 0 Å². The number of allylic oxidation sites excluding steroid dienone is 2. The summed E-state index contributed by atoms with van der Waals surface area (Å²) in [5.74, 6) is 3.06. The first-order valence-corrected chi connectivity index (χ1v) is 10.1. The normalized spacial score (nSPS) is 28.4. The van der Waals surface area contributed by atoms with Gasteiger partial charge in [0.1, 0.15) is 0 Å². The van der Waals surface area contributed by atoms with Crippen molar-refractivity contribution < 1.29 is 0 Å². The smallest absolute Gasteiger partial charge is 0.0228 e. The Labute approximate surface area is 143 Å². The lowest BCUT2D eigenvalue weighted by atomic mass is 9.76. The van der Waals surface area contributed by atoms with E-state index in [-0.39, 0.29) is 0 Å². The minimum absolute atomic E-state index is 0.954. The zero-order valence-corrected chi connectivity index (χ0v) is 15.0. The van der Waals surface area contributed by atoms with Gasteiger partial charge in [0, 0.05) is 0 Å². The molecular weight excluding hydrogens is 276 g/mol. The summed E-state index contributed by atoms with van der Waals surface area (Å²) in [5, 5.41) is 0. The van der Waals surface area contributed by atoms with Gasteiger partial charge in [-0.15, -0.1) is 0 Å². The lowest BCUT2D eigenvalue weighted by Crippen LogP contribution is -2.16. The van der Waals surface area contributed by atoms with Gasteiger partial charge in [-0.2, -0.15) is 0 Å². The molecule has 1 saturated carbocycles. The summed E-state index contributed by atoms with van der Waals surface area (Å²) in [6.07, 6.45) is 18.4. The molecule has 0 aliphatic heterocycles. The Hall–Kier alpha value is -1.04. The molecule has 0 heterocycles. The van der Waals surface area contributed by atoms with Crippen molar-refractivity contribution >= 4 is 5.57 Å². The molecule has 1 atom stereocenters. The maximum Gasteiger partial charge on any atom is -0.0228 e. The van der Waals surface area contributed by atoms with E-state index in [9.17, 15) is 0 Å². The Morgan fingerprint density at radius 3 is 2.04 bits per heavy atom. The standard InChI is InChI=1S/C23H34/c1-2-6-19-9-11-20(12-10-19)13-14-21-15-17-23(18-16-21)22-7-4-3-5-8-22/h3-5,7-8,17,19-21H,2,6,9-16,18H2,1H3. The van der Waals surface area contributed by atoms with Crippen molar-refractivity contribution in [2.24, 2.45) is 17.8 Å². The maximum atomic E-state index is 2.53. The Bertz CT molecular complexity index is 476. The van der Waals surface area contributed by atoms with Crippen molar-refractivity contribution in [2.45, 2.75) is 77.6 Å². The van der Waals surface area contributed by atoms with Gasteiger partial charge in [-0.3, -0.25) is 0 Å². The second kappa shape index (κ2) is 8.71. The first-order chi connectivity index (χ1) is 11.3. The molecule has 2 aliphatic rings. The van der Waals surface area contributed by atoms with Crippen LogP contribution < -0.4 is 0 Å². The summed E-state index contributed by atoms with van der Waals surface area (Å²) in [5.41, 5.74) is 3.03. The molecule has 2 aliphatic carbocycles. The van der Waals surface area contributed by atoms with Crippen LogP contribution in [-0.2, 0) is 0 Å². The van der Waals surface area contributed by atoms with Gasteiger partial charge in [-0.05, 0) is 54.6 Å². The summed E-state index contributed by atoms with van der Waals surface area (Å²) in [7, 11) is 0. The maximum absolute atomic E-state index is 2.53. The van der Waals surface area contributed by atoms with Gasteiger partial charge in [-0.25, -0.2) is 0 Å². The summed E-state index contributed by atoms with van der Waals surface area (Å²) >= 11 is 0. The van der Waals surface area contributed by atoms with E-state index in [0.29, 0.717) is 0 Å². The number of hydrogen-bond acceptors (Lipinski definition) is 0. The highest BCUT2D eigenvalue weighted by molar-refractivity contribution is 5.66. The van der Waals surface area contributed by atoms with Gasteiger partial charge in [0.25, 0.3) is 0 Å². The van der Waals surface area contributed by atoms with Crippen LogP contribution >= 0.6 is 0 Å². The van der Waals surface area contributed by atoms with E-state index in [4.69, 9.17) is 0 Å². The Morgan fingerprint density at radius 2 is 1.43 bits per heavy atom. The fraction of sp³-hybridized carbons (Fsp3) is 0.652. The molecule has 1 aromatic rings. The Morgan fingerprint density at radius 1 is 0.783 bits per heavy atom. The molecule has 1 fully saturated rings. The molecule has 0 radical (unpaired) electrons. The van der Waals surface area contributed by atoms with Gasteiger partial charge in [0.2, 0.25) is 0 Å². The Balaban J connectivity index is 1.39. The molecule has 0 heteroatoms. The largest absolute Gasteiger partial charge is 0.0804 e. The second-order valence-electron chi connectivity index (χ2n) is 7.99. The molecule has 3 rings (SSSR count). The molecule has 1 aromatic carbocycles. The average Bonchev–Trinajstić information content (AvgIpc) is 2.63. The molecule has 0 bridgehead atoms. The fourth-order valence-electron chi connectivity index (χ4n) is 4.75. The monoisotopic (exact) mass is 310 g/mol. The third-order valence-corrected chi connectivity index (χ3v) is 6.31. The molecule has 0 nitrogen and oxygen atoms in total. The van der Waals surface area contributed by atoms with Crippen LogP contribution in [0.5, 0.6) is 0 Å². The third kappa shape index (κ3) is 4.96. The van der Waals surface area contributed by atoms with E-state index in [1.54, 1.807) is 5.57 Å². The van der Waals surface area contributed by atoms with E-state index in [2.05, 4.69) is 43.3 Å². The van der Waals surface area contributed by atoms with Gasteiger partial charge in [-0.1, -0.05) is 88.3 Å². The van der Waals surface area contributed by atoms with Gasteiger partial charge >= 0.3 is 0 Å². The van der Waals surface area contributed by atoms with Crippen LogP contribution in [0.15, 0.2) is 36.4 Å². The lowest BCUT2D eigenvalue weighted by molar-refractivity contribution is 0.237. The minimum atomic E-state index is 0.954. The third-order valence-electron chi connectivity index (χ3n) is 6.31. The molecule has 0 N–H and O–H groups in total. The predicted octanol–water partition coefficient (Wildman–Crippen LogP) is 7.26. The van der Waals surface area contributed by atoms with Gasteiger partial charge < -0.3 is 0 Å². The molecule has 126 valence electrons. The molecule has 0 amide bonds. The SMILES string of the molecule is CCCC1CCC(CCC2CC=C(c3ccccc3)CC2)CC1. The molecule has 23 heavy (non-hydrogen) atoms. The fourth-order valence-corrected chi connectivity index (χ4v) is 4.75. The highest BCUT2D eigenvalue weighted by atomic mass is 14.3. The van der Waals surface area contributed by atoms with E-state index in [1.165, 1.54) is 76.2 Å². The predicted molar refractivity (Wildman–Crippen MR) is 101 cm³/mol. The van der Waals surface area contributed by atoms with E-state index in [0.717, 1.165) is 17.8 Å². The molecule has 0 aromatic heterocycles. The summed E-state index contributed by atoms with van der Waals surface area (Å²) in [6, 6.07) is 11.0. The van der Waals surface area contributed by atoms with Crippen LogP contribution in [0.25, 0.3) is 5.57 Å². The van der Waals surface area contributed by atoms with E-state index in [1.807, 2.05) is 0 Å². The first-order valence-electron chi connectivity index (χ1n) is 10.1. The van der Waals surface area contributed by atoms with Crippen LogP contribution in [-0.4, -0.2) is 0 Å². The van der Waals surface area contributed by atoms with Crippen LogP contribution in [0.3, 0.4) is 0 Å². The zero-order valence-electron chi connectivity index (χ0n) is 15.0. The topological polar surface area (TPSA) is 0 Å². The molecule has 1 unspecified atom stereocenters. The number of rotatable bonds is 6. The van der Waals surface area contributed by atoms with E-state index < -0.39 is 0 Å². The van der Waals surface area contributed by atoms with Crippen LogP contribution in [0, 0.1) is 17.8 Å². The number of hydrogen-bond donors (Lipinski definition) is 0. The first kappa shape index (κ1) is 16.8. The van der Waals surface area contributed by atoms with Crippen molar-refractivity contribution in [1.82, 2.24) is 0 Å². The van der Waals surface area contributed by atoms with Gasteiger partial charge in [0.05, 0.1) is 0 Å². The molecular formula is C23H34. The average molecular weight is 311 g/mol. The van der Waals surface area contributed by atoms with Crippen molar-refractivity contribution in [3.8, 4) is 0 Å². The van der Waals surface area contributed by atoms with Crippen LogP contribution in [0.2, 0.25) is 0 Å². The zero-order chi connectivity index (χ0) is 15.9. The van der Waals surface area contributed by atoms with Crippen molar-refractivity contribution in [3.63, 3.8) is 0 Å². The van der Waals surface area contributed by atoms with Crippen molar-refractivity contribution in [1.29, 1.82) is 0 Å². The Kier molecular flexibility index (Phi) is 6.37. The summed E-state index contributed by atoms with van der Waals surface area (Å²) in [6.45, 7) is 2.34. The summed E-state index contributed by atoms with van der Waals surface area (Å²) < 4.78 is 0. The second-order valence-corrected chi connectivity index (χ2v) is 7.99. The van der Waals surface area contributed by atoms with Crippen molar-refractivity contribution in [2.75, 3.05) is 0 Å². The van der Waals surface area contributed by atoms with Crippen LogP contribution in [0.1, 0.15) is 83.1 Å². The van der Waals surface area contributed by atoms with Gasteiger partial charge in [0.15, 0.2) is 0 Å². The van der Waals surface area contributed by atoms with Crippen molar-refractivity contribution in [3.05, 3.63) is 42.0 Å². The lowest BCUT2D eigenvalue weighted by Gasteiger charge is -2.30. The summed E-state index contributed by atoms with van der Waals surface area (Å²) in [4.78, 5) is 0. The highest BCUT2D eigenvalue weighted by Gasteiger charge is 2.22. The molecule has 0 saturated heterocycles. The number of benzene rings is 1. The van der Waals surface area contributed by atoms with E-state index >= 15 is 0 Å². The quantitative estimate of drug-likeness (QED) is 0.518. The minimum Gasteiger partial charge on any atom is -0.0804 e. The highest BCUT2D eigenvalue weighted by Crippen LogP contribution is 2.37.